The van der Waals surface area contributed by atoms with Gasteiger partial charge in [0.05, 0.1) is 0 Å². The first-order chi connectivity index (χ1) is 2.00. The molecule has 0 aliphatic heterocycles. The molecule has 0 aliphatic carbocycles. The molecule has 0 aromatic carbocycles. The van der Waals surface area contributed by atoms with Crippen molar-refractivity contribution < 1.29 is 65.0 Å². The minimum absolute atomic E-state index is 0. The van der Waals surface area contributed by atoms with Gasteiger partial charge in [-0.05, 0) is 0 Å². The first-order valence-corrected chi connectivity index (χ1v) is 2.67. The third-order valence-corrected chi connectivity index (χ3v) is 0. The Morgan fingerprint density at radius 1 is 1.17 bits per heavy atom. The van der Waals surface area contributed by atoms with E-state index in [0.29, 0.717) is 0 Å². The van der Waals surface area contributed by atoms with Crippen LogP contribution in [-0.2, 0) is 21.0 Å². The molecule has 0 fully saturated rings. The summed E-state index contributed by atoms with van der Waals surface area (Å²) < 4.78 is 31.8. The normalized spacial score (nSPS) is 9.67. The van der Waals surface area contributed by atoms with Crippen LogP contribution in [0.1, 0.15) is 0 Å². The summed E-state index contributed by atoms with van der Waals surface area (Å²) in [5.41, 5.74) is 0. The average molecular weight is 260 g/mol. The number of hydrogen-bond donors (Lipinski definition) is 2. The van der Waals surface area contributed by atoms with E-state index in [1.165, 1.54) is 0 Å². The second kappa shape index (κ2) is 3.26. The molecule has 1 radical (unpaired) electrons. The summed E-state index contributed by atoms with van der Waals surface area (Å²) in [6.07, 6.45) is 0. The predicted molar refractivity (Wildman–Crippen MR) is 5.81 cm³/mol. The van der Waals surface area contributed by atoms with Gasteiger partial charge in [-0.1, -0.05) is 0 Å². The van der Waals surface area contributed by atoms with E-state index in [2.05, 4.69) is 0 Å². The monoisotopic (exact) mass is 260 g/mol. The maximum atomic E-state index is 8.80. The van der Waals surface area contributed by atoms with Gasteiger partial charge in [-0.15, -0.1) is 0 Å². The molecular weight excluding hydrogens is 258 g/mol. The molecule has 36 valence electrons. The van der Waals surface area contributed by atoms with E-state index in [9.17, 15) is 0 Å². The van der Waals surface area contributed by atoms with Crippen LogP contribution in [0.25, 0.3) is 0 Å². The van der Waals surface area contributed by atoms with E-state index < -0.39 is 13.4 Å². The zero-order valence-corrected chi connectivity index (χ0v) is 7.47. The molecule has 0 atom stereocenters. The van der Waals surface area contributed by atoms with Crippen LogP contribution in [0, 0.1) is 35.6 Å². The Morgan fingerprint density at radius 2 is 1.17 bits per heavy atom. The molecule has 0 saturated heterocycles. The Kier molecular flexibility index (Phi) is 5.58. The second-order valence-corrected chi connectivity index (χ2v) is 1.71. The van der Waals surface area contributed by atoms with Crippen molar-refractivity contribution in [3.63, 3.8) is 0 Å². The zero-order chi connectivity index (χ0) is 4.50. The van der Waals surface area contributed by atoms with Crippen LogP contribution in [0.4, 0.5) is 0 Å². The van der Waals surface area contributed by atoms with Crippen molar-refractivity contribution in [2.24, 2.45) is 0 Å². The minimum atomic E-state index is -5.12. The molecule has 4 nitrogen and oxygen atoms in total. The van der Waals surface area contributed by atoms with E-state index >= 15 is 0 Å². The summed E-state index contributed by atoms with van der Waals surface area (Å²) in [5.74, 6) is 0. The molecule has 6 heavy (non-hydrogen) atoms. The zero-order valence-electron chi connectivity index (χ0n) is 2.67. The Balaban J connectivity index is 0. The summed E-state index contributed by atoms with van der Waals surface area (Å²) in [5, 5.41) is 0. The fourth-order valence-corrected chi connectivity index (χ4v) is 0. The molecule has 0 rings (SSSR count). The van der Waals surface area contributed by atoms with Crippen LogP contribution in [0.3, 0.4) is 0 Å². The van der Waals surface area contributed by atoms with Gasteiger partial charge in [0.15, 0.2) is 0 Å². The molecule has 0 saturated carbocycles. The van der Waals surface area contributed by atoms with E-state index in [1.54, 1.807) is 0 Å². The van der Waals surface area contributed by atoms with Gasteiger partial charge in [-0.3, -0.25) is 0 Å². The first-order valence-electron chi connectivity index (χ1n) is 0.647. The van der Waals surface area contributed by atoms with Crippen molar-refractivity contribution in [1.82, 2.24) is 0 Å². The summed E-state index contributed by atoms with van der Waals surface area (Å²) in [6.45, 7) is 0. The van der Waals surface area contributed by atoms with Crippen molar-refractivity contribution in [2.75, 3.05) is 0 Å². The van der Waals surface area contributed by atoms with Gasteiger partial charge in [-0.25, -0.2) is 0 Å². The van der Waals surface area contributed by atoms with Gasteiger partial charge in [0, 0.05) is 35.6 Å². The van der Waals surface area contributed by atoms with Gasteiger partial charge < -0.3 is 0 Å². The standard InChI is InChI=1S/La.Mn.2H2O.2O/h;;2*1H2;;/q;+2;;;;/p-2. The van der Waals surface area contributed by atoms with Gasteiger partial charge in [0.1, 0.15) is 0 Å². The van der Waals surface area contributed by atoms with Crippen molar-refractivity contribution in [3.8, 4) is 0 Å². The number of hydrogen-bond acceptors (Lipinski definition) is 2. The van der Waals surface area contributed by atoms with Gasteiger partial charge >= 0.3 is 29.4 Å². The van der Waals surface area contributed by atoms with Crippen molar-refractivity contribution in [2.45, 2.75) is 0 Å². The van der Waals surface area contributed by atoms with Gasteiger partial charge in [-0.2, -0.15) is 0 Å². The van der Waals surface area contributed by atoms with E-state index in [-0.39, 0.29) is 35.6 Å². The number of rotatable bonds is 0. The van der Waals surface area contributed by atoms with Crippen molar-refractivity contribution in [3.05, 3.63) is 0 Å². The Labute approximate surface area is 64.4 Å². The summed E-state index contributed by atoms with van der Waals surface area (Å²) in [6, 6.07) is 0. The summed E-state index contributed by atoms with van der Waals surface area (Å²) >= 11 is -5.12. The van der Waals surface area contributed by atoms with Gasteiger partial charge in [0.2, 0.25) is 0 Å². The molecular formula is H2LaMnO4. The molecule has 0 amide bonds. The molecule has 0 spiro atoms. The Morgan fingerprint density at radius 3 is 1.17 bits per heavy atom. The fraction of sp³-hybridized carbons (Fsp3) is 0. The van der Waals surface area contributed by atoms with Gasteiger partial charge in [0.25, 0.3) is 0 Å². The molecule has 0 aromatic rings. The van der Waals surface area contributed by atoms with E-state index in [0.717, 1.165) is 0 Å². The average Bonchev–Trinajstić information content (AvgIpc) is 0.722. The van der Waals surface area contributed by atoms with Crippen molar-refractivity contribution >= 4 is 0 Å². The SMILES string of the molecule is [La].[O]=[Mn](=[O])([OH])[OH]. The van der Waals surface area contributed by atoms with Crippen molar-refractivity contribution in [1.29, 1.82) is 0 Å². The molecule has 2 N–H and O–H groups in total. The quantitative estimate of drug-likeness (QED) is 0.528. The van der Waals surface area contributed by atoms with Crippen LogP contribution in [-0.4, -0.2) is 8.38 Å². The first kappa shape index (κ1) is 10.3. The summed E-state index contributed by atoms with van der Waals surface area (Å²) in [7, 11) is 0. The van der Waals surface area contributed by atoms with E-state index in [1.807, 2.05) is 0 Å². The Hall–Kier alpha value is 1.23. The van der Waals surface area contributed by atoms with E-state index in [4.69, 9.17) is 16.0 Å². The molecule has 0 bridgehead atoms. The topological polar surface area (TPSA) is 74.6 Å². The maximum absolute atomic E-state index is 8.80. The molecule has 0 aromatic heterocycles. The predicted octanol–water partition coefficient (Wildman–Crippen LogP) is -1.35. The third-order valence-electron chi connectivity index (χ3n) is 0. The fourth-order valence-electron chi connectivity index (χ4n) is 0. The Bertz CT molecular complexity index is 90.7. The van der Waals surface area contributed by atoms with Crippen LogP contribution in [0.2, 0.25) is 0 Å². The second-order valence-electron chi connectivity index (χ2n) is 0.415. The molecule has 0 unspecified atom stereocenters. The molecule has 6 heteroatoms. The van der Waals surface area contributed by atoms with Crippen LogP contribution >= 0.6 is 0 Å². The third kappa shape index (κ3) is 61.6. The summed E-state index contributed by atoms with van der Waals surface area (Å²) in [4.78, 5) is 0. The van der Waals surface area contributed by atoms with Crippen LogP contribution in [0.5, 0.6) is 0 Å². The van der Waals surface area contributed by atoms with Crippen LogP contribution in [0.15, 0.2) is 0 Å². The van der Waals surface area contributed by atoms with Crippen LogP contribution < -0.4 is 0 Å². The molecule has 0 aliphatic rings. The molecule has 0 heterocycles.